The monoisotopic (exact) mass is 355 g/mol. The van der Waals surface area contributed by atoms with Gasteiger partial charge >= 0.3 is 0 Å². The Morgan fingerprint density at radius 1 is 1.31 bits per heavy atom. The number of anilines is 1. The first-order valence-corrected chi connectivity index (χ1v) is 8.86. The molecule has 1 saturated heterocycles. The molecule has 0 bridgehead atoms. The second-order valence-electron chi connectivity index (χ2n) is 7.66. The number of carbonyl (C=O) groups is 2. The summed E-state index contributed by atoms with van der Waals surface area (Å²) in [5, 5.41) is 12.5. The van der Waals surface area contributed by atoms with E-state index in [-0.39, 0.29) is 12.3 Å². The zero-order valence-electron chi connectivity index (χ0n) is 15.7. The molecule has 1 aromatic carbocycles. The van der Waals surface area contributed by atoms with E-state index in [1.165, 1.54) is 12.0 Å². The summed E-state index contributed by atoms with van der Waals surface area (Å²) in [4.78, 5) is 25.8. The molecular weight excluding hydrogens is 328 g/mol. The Labute approximate surface area is 155 Å². The summed E-state index contributed by atoms with van der Waals surface area (Å²) in [6, 6.07) is 10.6. The Morgan fingerprint density at radius 3 is 2.38 bits per heavy atom. The van der Waals surface area contributed by atoms with Crippen LogP contribution in [-0.2, 0) is 9.59 Å². The highest BCUT2D eigenvalue weighted by Gasteiger charge is 2.37. The summed E-state index contributed by atoms with van der Waals surface area (Å²) >= 11 is 0. The van der Waals surface area contributed by atoms with Crippen LogP contribution < -0.4 is 16.0 Å². The molecule has 6 heteroatoms. The number of benzene rings is 1. The van der Waals surface area contributed by atoms with Crippen LogP contribution in [0.3, 0.4) is 0 Å². The van der Waals surface area contributed by atoms with Gasteiger partial charge < -0.3 is 16.0 Å². The molecule has 1 radical (unpaired) electrons. The molecule has 1 heterocycles. The minimum Gasteiger partial charge on any atom is -0.371 e. The molecule has 1 aliphatic heterocycles. The van der Waals surface area contributed by atoms with Crippen LogP contribution in [-0.4, -0.2) is 30.4 Å². The van der Waals surface area contributed by atoms with Gasteiger partial charge in [0.1, 0.15) is 5.54 Å². The molecule has 0 atom stereocenters. The van der Waals surface area contributed by atoms with Gasteiger partial charge in [-0.2, -0.15) is 5.26 Å². The highest BCUT2D eigenvalue weighted by Crippen LogP contribution is 2.27. The summed E-state index contributed by atoms with van der Waals surface area (Å²) in [5.74, 6) is -0.785. The maximum absolute atomic E-state index is 12.3. The predicted octanol–water partition coefficient (Wildman–Crippen LogP) is 2.08. The number of hydrogen-bond acceptors (Lipinski definition) is 4. The number of nitrogens with two attached hydrogens (primary N) is 1. The lowest BCUT2D eigenvalue weighted by atomic mass is 9.85. The van der Waals surface area contributed by atoms with Gasteiger partial charge in [-0.1, -0.05) is 31.5 Å². The number of carbonyl (C=O) groups excluding carboxylic acids is 2. The summed E-state index contributed by atoms with van der Waals surface area (Å²) in [5.41, 5.74) is 6.00. The second kappa shape index (κ2) is 7.77. The molecule has 0 aromatic heterocycles. The lowest BCUT2D eigenvalue weighted by molar-refractivity contribution is -0.126. The van der Waals surface area contributed by atoms with Crippen LogP contribution in [0.1, 0.15) is 38.7 Å². The number of primary amides is 1. The van der Waals surface area contributed by atoms with Crippen molar-refractivity contribution in [1.82, 2.24) is 5.32 Å². The summed E-state index contributed by atoms with van der Waals surface area (Å²) in [6.07, 6.45) is 2.76. The number of aryl methyl sites for hydroxylation is 1. The molecule has 1 fully saturated rings. The van der Waals surface area contributed by atoms with Crippen LogP contribution in [0.25, 0.3) is 0 Å². The van der Waals surface area contributed by atoms with Crippen molar-refractivity contribution in [2.75, 3.05) is 18.0 Å². The molecule has 1 aromatic rings. The van der Waals surface area contributed by atoms with E-state index >= 15 is 0 Å². The second-order valence-corrected chi connectivity index (χ2v) is 7.66. The molecule has 0 unspecified atom stereocenters. The number of piperidine rings is 1. The third kappa shape index (κ3) is 4.75. The van der Waals surface area contributed by atoms with Gasteiger partial charge in [0.25, 0.3) is 0 Å². The average molecular weight is 355 g/mol. The Bertz CT molecular complexity index is 696. The Balaban J connectivity index is 1.92. The van der Waals surface area contributed by atoms with Crippen molar-refractivity contribution in [1.29, 1.82) is 5.26 Å². The smallest absolute Gasteiger partial charge is 0.225 e. The van der Waals surface area contributed by atoms with Gasteiger partial charge in [-0.15, -0.1) is 0 Å². The summed E-state index contributed by atoms with van der Waals surface area (Å²) in [6.45, 7) is 6.83. The first-order chi connectivity index (χ1) is 12.2. The molecule has 2 amide bonds. The SMILES string of the molecule is Cc1ccc(N2CCC(C#N)(NC(=O)[CH]CC(C)(C)C(N)=O)CC2)cc1. The van der Waals surface area contributed by atoms with E-state index in [4.69, 9.17) is 5.73 Å². The van der Waals surface area contributed by atoms with E-state index in [9.17, 15) is 14.9 Å². The van der Waals surface area contributed by atoms with E-state index in [2.05, 4.69) is 40.6 Å². The van der Waals surface area contributed by atoms with Crippen molar-refractivity contribution in [2.24, 2.45) is 11.1 Å². The van der Waals surface area contributed by atoms with E-state index in [0.717, 1.165) is 5.69 Å². The van der Waals surface area contributed by atoms with Crippen molar-refractivity contribution in [2.45, 2.75) is 45.6 Å². The zero-order valence-corrected chi connectivity index (χ0v) is 15.7. The zero-order chi connectivity index (χ0) is 19.4. The first kappa shape index (κ1) is 19.8. The van der Waals surface area contributed by atoms with Gasteiger partial charge in [0.05, 0.1) is 12.5 Å². The molecule has 6 nitrogen and oxygen atoms in total. The molecule has 3 N–H and O–H groups in total. The lowest BCUT2D eigenvalue weighted by Gasteiger charge is -2.39. The number of amides is 2. The van der Waals surface area contributed by atoms with Crippen molar-refractivity contribution in [3.63, 3.8) is 0 Å². The molecule has 26 heavy (non-hydrogen) atoms. The van der Waals surface area contributed by atoms with Gasteiger partial charge in [-0.25, -0.2) is 0 Å². The van der Waals surface area contributed by atoms with Crippen LogP contribution in [0.4, 0.5) is 5.69 Å². The van der Waals surface area contributed by atoms with Crippen LogP contribution in [0, 0.1) is 30.1 Å². The van der Waals surface area contributed by atoms with Crippen LogP contribution in [0.2, 0.25) is 0 Å². The molecule has 0 spiro atoms. The fraction of sp³-hybridized carbons (Fsp3) is 0.500. The molecule has 2 rings (SSSR count). The van der Waals surface area contributed by atoms with Gasteiger partial charge in [0, 0.05) is 37.0 Å². The van der Waals surface area contributed by atoms with Gasteiger partial charge in [-0.3, -0.25) is 9.59 Å². The van der Waals surface area contributed by atoms with Gasteiger partial charge in [-0.05, 0) is 25.5 Å². The Hall–Kier alpha value is -2.55. The van der Waals surface area contributed by atoms with Gasteiger partial charge in [0.2, 0.25) is 11.8 Å². The fourth-order valence-electron chi connectivity index (χ4n) is 2.90. The van der Waals surface area contributed by atoms with Crippen LogP contribution in [0.15, 0.2) is 24.3 Å². The average Bonchev–Trinajstić information content (AvgIpc) is 2.61. The quantitative estimate of drug-likeness (QED) is 0.816. The van der Waals surface area contributed by atoms with E-state index in [1.807, 2.05) is 6.92 Å². The standard InChI is InChI=1S/C20H27N4O2/c1-15-4-6-16(7-5-15)24-12-10-20(14-21,11-13-24)23-17(25)8-9-19(2,3)18(22)26/h4-8H,9-13H2,1-3H3,(H2,22,26)(H,23,25). The largest absolute Gasteiger partial charge is 0.371 e. The maximum atomic E-state index is 12.3. The van der Waals surface area contributed by atoms with Crippen LogP contribution in [0.5, 0.6) is 0 Å². The van der Waals surface area contributed by atoms with E-state index in [1.54, 1.807) is 13.8 Å². The molecule has 0 saturated carbocycles. The number of rotatable bonds is 6. The highest BCUT2D eigenvalue weighted by atomic mass is 16.2. The first-order valence-electron chi connectivity index (χ1n) is 8.86. The lowest BCUT2D eigenvalue weighted by Crippen LogP contribution is -2.54. The summed E-state index contributed by atoms with van der Waals surface area (Å²) < 4.78 is 0. The molecule has 0 aliphatic carbocycles. The third-order valence-electron chi connectivity index (χ3n) is 5.06. The predicted molar refractivity (Wildman–Crippen MR) is 101 cm³/mol. The fourth-order valence-corrected chi connectivity index (χ4v) is 2.90. The van der Waals surface area contributed by atoms with Crippen molar-refractivity contribution in [3.05, 3.63) is 36.2 Å². The van der Waals surface area contributed by atoms with Crippen molar-refractivity contribution in [3.8, 4) is 6.07 Å². The minimum absolute atomic E-state index is 0.241. The highest BCUT2D eigenvalue weighted by molar-refractivity contribution is 5.87. The normalized spacial score (nSPS) is 16.6. The number of nitriles is 1. The minimum atomic E-state index is -0.869. The molecule has 139 valence electrons. The van der Waals surface area contributed by atoms with Gasteiger partial charge in [0.15, 0.2) is 0 Å². The maximum Gasteiger partial charge on any atom is 0.225 e. The number of nitrogens with zero attached hydrogens (tertiary/aromatic N) is 2. The third-order valence-corrected chi connectivity index (χ3v) is 5.06. The number of hydrogen-bond donors (Lipinski definition) is 2. The van der Waals surface area contributed by atoms with E-state index in [0.29, 0.717) is 25.9 Å². The Kier molecular flexibility index (Phi) is 5.91. The van der Waals surface area contributed by atoms with Crippen LogP contribution >= 0.6 is 0 Å². The summed E-state index contributed by atoms with van der Waals surface area (Å²) in [7, 11) is 0. The number of nitrogens with one attached hydrogen (secondary N) is 1. The van der Waals surface area contributed by atoms with Crippen molar-refractivity contribution < 1.29 is 9.59 Å². The molecule has 1 aliphatic rings. The molecular formula is C20H27N4O2. The van der Waals surface area contributed by atoms with Crippen molar-refractivity contribution >= 4 is 17.5 Å². The van der Waals surface area contributed by atoms with E-state index < -0.39 is 16.9 Å². The topological polar surface area (TPSA) is 99.2 Å². The Morgan fingerprint density at radius 2 is 1.88 bits per heavy atom.